The molecule has 2 aliphatic carbocycles. The Balaban J connectivity index is 1.59. The number of benzene rings is 1. The van der Waals surface area contributed by atoms with Crippen molar-refractivity contribution in [3.8, 4) is 0 Å². The van der Waals surface area contributed by atoms with Gasteiger partial charge in [-0.1, -0.05) is 25.3 Å². The second-order valence-corrected chi connectivity index (χ2v) is 7.89. The molecule has 2 heterocycles. The van der Waals surface area contributed by atoms with Gasteiger partial charge in [-0.25, -0.2) is 4.98 Å². The fourth-order valence-corrected chi connectivity index (χ4v) is 4.20. The highest BCUT2D eigenvalue weighted by Gasteiger charge is 2.24. The molecule has 0 radical (unpaired) electrons. The van der Waals surface area contributed by atoms with E-state index in [9.17, 15) is 9.59 Å². The second kappa shape index (κ2) is 6.48. The van der Waals surface area contributed by atoms with Gasteiger partial charge < -0.3 is 5.32 Å². The van der Waals surface area contributed by atoms with Crippen molar-refractivity contribution >= 4 is 22.5 Å². The van der Waals surface area contributed by atoms with Crippen LogP contribution in [0.4, 0.5) is 0 Å². The summed E-state index contributed by atoms with van der Waals surface area (Å²) in [4.78, 5) is 30.6. The Labute approximate surface area is 157 Å². The molecule has 27 heavy (non-hydrogen) atoms. The first-order valence-corrected chi connectivity index (χ1v) is 9.96. The summed E-state index contributed by atoms with van der Waals surface area (Å²) < 4.78 is 1.51. The second-order valence-electron chi connectivity index (χ2n) is 7.89. The number of rotatable bonds is 3. The van der Waals surface area contributed by atoms with E-state index in [4.69, 9.17) is 0 Å². The van der Waals surface area contributed by atoms with Gasteiger partial charge in [0, 0.05) is 12.2 Å². The summed E-state index contributed by atoms with van der Waals surface area (Å²) >= 11 is 0. The average Bonchev–Trinajstić information content (AvgIpc) is 3.54. The van der Waals surface area contributed by atoms with E-state index in [1.165, 1.54) is 29.2 Å². The van der Waals surface area contributed by atoms with Gasteiger partial charge >= 0.3 is 0 Å². The first kappa shape index (κ1) is 16.5. The molecule has 0 bridgehead atoms. The van der Waals surface area contributed by atoms with E-state index in [0.29, 0.717) is 28.0 Å². The molecule has 2 fully saturated rings. The van der Waals surface area contributed by atoms with Gasteiger partial charge in [0.25, 0.3) is 11.5 Å². The van der Waals surface area contributed by atoms with Gasteiger partial charge in [-0.15, -0.1) is 0 Å². The maximum atomic E-state index is 13.0. The Kier molecular flexibility index (Phi) is 3.96. The number of carbonyl (C=O) groups excluding carboxylic acids is 1. The quantitative estimate of drug-likeness (QED) is 0.722. The molecule has 138 valence electrons. The lowest BCUT2D eigenvalue weighted by Gasteiger charge is -2.23. The molecule has 2 aromatic heterocycles. The first-order valence-electron chi connectivity index (χ1n) is 9.96. The number of aromatic nitrogens is 2. The Morgan fingerprint density at radius 2 is 1.89 bits per heavy atom. The maximum Gasteiger partial charge on any atom is 0.265 e. The van der Waals surface area contributed by atoms with Gasteiger partial charge in [0.2, 0.25) is 0 Å². The summed E-state index contributed by atoms with van der Waals surface area (Å²) in [5.41, 5.74) is 2.66. The lowest BCUT2D eigenvalue weighted by molar-refractivity contribution is 0.0929. The highest BCUT2D eigenvalue weighted by atomic mass is 16.2. The molecule has 2 aliphatic rings. The Morgan fingerprint density at radius 3 is 2.67 bits per heavy atom. The topological polar surface area (TPSA) is 63.5 Å². The Hall–Kier alpha value is -2.69. The van der Waals surface area contributed by atoms with Crippen LogP contribution in [-0.2, 0) is 0 Å². The van der Waals surface area contributed by atoms with Crippen LogP contribution in [0.15, 0.2) is 41.3 Å². The van der Waals surface area contributed by atoms with Crippen molar-refractivity contribution in [3.63, 3.8) is 0 Å². The molecule has 0 aliphatic heterocycles. The first-order chi connectivity index (χ1) is 13.2. The molecule has 5 rings (SSSR count). The minimum absolute atomic E-state index is 0.107. The molecule has 3 aromatic rings. The number of nitrogens with zero attached hydrogens (tertiary/aromatic N) is 2. The van der Waals surface area contributed by atoms with Crippen molar-refractivity contribution in [1.82, 2.24) is 14.7 Å². The van der Waals surface area contributed by atoms with Gasteiger partial charge in [-0.05, 0) is 61.4 Å². The number of amides is 1. The Bertz CT molecular complexity index is 1090. The predicted octanol–water partition coefficient (Wildman–Crippen LogP) is 3.79. The van der Waals surface area contributed by atoms with Crippen LogP contribution in [0.2, 0.25) is 0 Å². The van der Waals surface area contributed by atoms with Gasteiger partial charge in [0.1, 0.15) is 0 Å². The number of fused-ring (bicyclic) bond motifs is 2. The third kappa shape index (κ3) is 3.01. The van der Waals surface area contributed by atoms with Crippen molar-refractivity contribution in [2.75, 3.05) is 0 Å². The van der Waals surface area contributed by atoms with E-state index in [2.05, 4.69) is 16.4 Å². The summed E-state index contributed by atoms with van der Waals surface area (Å²) in [7, 11) is 0. The van der Waals surface area contributed by atoms with Gasteiger partial charge in [-0.3, -0.25) is 14.0 Å². The lowest BCUT2D eigenvalue weighted by atomic mass is 9.95. The zero-order chi connectivity index (χ0) is 18.4. The van der Waals surface area contributed by atoms with Crippen LogP contribution < -0.4 is 10.9 Å². The number of hydrogen-bond donors (Lipinski definition) is 1. The molecule has 0 atom stereocenters. The SMILES string of the molecule is O=C(NC1CCCCC1)c1cccn2c(=O)c3cc(C4CC4)ccc3nc12. The number of pyridine rings is 1. The number of nitrogens with one attached hydrogen (secondary N) is 1. The van der Waals surface area contributed by atoms with Gasteiger partial charge in [0.15, 0.2) is 5.65 Å². The molecule has 1 aromatic carbocycles. The molecular formula is C22H23N3O2. The van der Waals surface area contributed by atoms with Crippen molar-refractivity contribution in [2.24, 2.45) is 0 Å². The van der Waals surface area contributed by atoms with Crippen LogP contribution in [0, 0.1) is 0 Å². The van der Waals surface area contributed by atoms with Crippen molar-refractivity contribution < 1.29 is 4.79 Å². The molecule has 0 unspecified atom stereocenters. The van der Waals surface area contributed by atoms with Crippen LogP contribution in [0.3, 0.4) is 0 Å². The molecular weight excluding hydrogens is 338 g/mol. The minimum Gasteiger partial charge on any atom is -0.349 e. The molecule has 2 saturated carbocycles. The van der Waals surface area contributed by atoms with Crippen LogP contribution in [0.5, 0.6) is 0 Å². The fourth-order valence-electron chi connectivity index (χ4n) is 4.20. The molecule has 1 N–H and O–H groups in total. The standard InChI is InChI=1S/C22H23N3O2/c26-21(23-16-5-2-1-3-6-16)17-7-4-12-25-20(17)24-19-11-10-15(14-8-9-14)13-18(19)22(25)27/h4,7,10-14,16H,1-3,5-6,8-9H2,(H,23,26). The summed E-state index contributed by atoms with van der Waals surface area (Å²) in [6.07, 6.45) is 9.70. The highest BCUT2D eigenvalue weighted by molar-refractivity contribution is 6.00. The smallest absolute Gasteiger partial charge is 0.265 e. The molecule has 5 nitrogen and oxygen atoms in total. The molecule has 0 saturated heterocycles. The molecule has 1 amide bonds. The summed E-state index contributed by atoms with van der Waals surface area (Å²) in [5.74, 6) is 0.447. The van der Waals surface area contributed by atoms with Gasteiger partial charge in [0.05, 0.1) is 16.5 Å². The number of carbonyl (C=O) groups is 1. The third-order valence-corrected chi connectivity index (χ3v) is 5.90. The van der Waals surface area contributed by atoms with Crippen molar-refractivity contribution in [1.29, 1.82) is 0 Å². The summed E-state index contributed by atoms with van der Waals surface area (Å²) in [5, 5.41) is 3.76. The van der Waals surface area contributed by atoms with E-state index in [-0.39, 0.29) is 17.5 Å². The van der Waals surface area contributed by atoms with E-state index in [0.717, 1.165) is 25.7 Å². The van der Waals surface area contributed by atoms with Crippen LogP contribution in [-0.4, -0.2) is 21.3 Å². The lowest BCUT2D eigenvalue weighted by Crippen LogP contribution is -2.36. The molecule has 0 spiro atoms. The van der Waals surface area contributed by atoms with Crippen LogP contribution in [0.25, 0.3) is 16.6 Å². The highest BCUT2D eigenvalue weighted by Crippen LogP contribution is 2.40. The zero-order valence-electron chi connectivity index (χ0n) is 15.3. The van der Waals surface area contributed by atoms with Crippen molar-refractivity contribution in [3.05, 3.63) is 58.0 Å². The summed E-state index contributed by atoms with van der Waals surface area (Å²) in [6.45, 7) is 0. The molecule has 5 heteroatoms. The van der Waals surface area contributed by atoms with Crippen LogP contribution in [0.1, 0.15) is 66.8 Å². The zero-order valence-corrected chi connectivity index (χ0v) is 15.3. The largest absolute Gasteiger partial charge is 0.349 e. The van der Waals surface area contributed by atoms with Crippen LogP contribution >= 0.6 is 0 Å². The Morgan fingerprint density at radius 1 is 1.07 bits per heavy atom. The fraction of sp³-hybridized carbons (Fsp3) is 0.409. The van der Waals surface area contributed by atoms with Crippen molar-refractivity contribution in [2.45, 2.75) is 56.9 Å². The predicted molar refractivity (Wildman–Crippen MR) is 105 cm³/mol. The van der Waals surface area contributed by atoms with E-state index in [1.54, 1.807) is 18.3 Å². The normalized spacial score (nSPS) is 18.1. The van der Waals surface area contributed by atoms with E-state index >= 15 is 0 Å². The summed E-state index contributed by atoms with van der Waals surface area (Å²) in [6, 6.07) is 9.68. The van der Waals surface area contributed by atoms with E-state index < -0.39 is 0 Å². The maximum absolute atomic E-state index is 13.0. The third-order valence-electron chi connectivity index (χ3n) is 5.90. The average molecular weight is 361 g/mol. The van der Waals surface area contributed by atoms with E-state index in [1.807, 2.05) is 12.1 Å². The van der Waals surface area contributed by atoms with Gasteiger partial charge in [-0.2, -0.15) is 0 Å². The number of hydrogen-bond acceptors (Lipinski definition) is 3. The monoisotopic (exact) mass is 361 g/mol. The minimum atomic E-state index is -0.138.